The van der Waals surface area contributed by atoms with E-state index in [4.69, 9.17) is 9.47 Å². The van der Waals surface area contributed by atoms with Gasteiger partial charge in [-0.25, -0.2) is 8.42 Å². The van der Waals surface area contributed by atoms with Gasteiger partial charge in [-0.1, -0.05) is 6.07 Å². The Bertz CT molecular complexity index is 607. The summed E-state index contributed by atoms with van der Waals surface area (Å²) in [7, 11) is -3.21. The molecule has 1 heterocycles. The summed E-state index contributed by atoms with van der Waals surface area (Å²) < 4.78 is 33.6. The van der Waals surface area contributed by atoms with Crippen LogP contribution in [0.1, 0.15) is 11.5 Å². The number of benzene rings is 1. The highest BCUT2D eigenvalue weighted by Crippen LogP contribution is 2.52. The first-order valence-electron chi connectivity index (χ1n) is 5.56. The predicted octanol–water partition coefficient (Wildman–Crippen LogP) is 0.741. The number of fused-ring (bicyclic) bond motifs is 1. The average Bonchev–Trinajstić information content (AvgIpc) is 2.90. The SMILES string of the molecule is CS(=O)(=O)[C@@H]1[C@H](C=O)[C@H]1c1ccc2c(c1)OCO2. The van der Waals surface area contributed by atoms with Crippen LogP contribution >= 0.6 is 0 Å². The molecule has 0 unspecified atom stereocenters. The van der Waals surface area contributed by atoms with Crippen LogP contribution in [0.4, 0.5) is 0 Å². The molecule has 5 nitrogen and oxygen atoms in total. The number of carbonyl (C=O) groups is 1. The van der Waals surface area contributed by atoms with Crippen LogP contribution in [-0.4, -0.2) is 33.0 Å². The predicted molar refractivity (Wildman–Crippen MR) is 63.5 cm³/mol. The lowest BCUT2D eigenvalue weighted by Gasteiger charge is -2.01. The number of hydrogen-bond acceptors (Lipinski definition) is 5. The molecule has 18 heavy (non-hydrogen) atoms. The molecule has 0 aromatic heterocycles. The summed E-state index contributed by atoms with van der Waals surface area (Å²) in [5, 5.41) is -0.602. The fourth-order valence-electron chi connectivity index (χ4n) is 2.55. The van der Waals surface area contributed by atoms with Gasteiger partial charge >= 0.3 is 0 Å². The van der Waals surface area contributed by atoms with Gasteiger partial charge in [-0.05, 0) is 17.7 Å². The summed E-state index contributed by atoms with van der Waals surface area (Å²) in [6.45, 7) is 0.177. The molecule has 1 aromatic carbocycles. The minimum absolute atomic E-state index is 0.177. The second kappa shape index (κ2) is 3.71. The second-order valence-electron chi connectivity index (χ2n) is 4.65. The van der Waals surface area contributed by atoms with Gasteiger partial charge in [0.15, 0.2) is 21.3 Å². The molecule has 1 fully saturated rings. The molecule has 0 radical (unpaired) electrons. The molecule has 1 aliphatic carbocycles. The van der Waals surface area contributed by atoms with Crippen molar-refractivity contribution in [3.05, 3.63) is 23.8 Å². The molecule has 0 bridgehead atoms. The van der Waals surface area contributed by atoms with Crippen LogP contribution in [0.15, 0.2) is 18.2 Å². The molecule has 0 saturated heterocycles. The van der Waals surface area contributed by atoms with E-state index in [9.17, 15) is 13.2 Å². The lowest BCUT2D eigenvalue weighted by Crippen LogP contribution is -2.07. The maximum Gasteiger partial charge on any atom is 0.231 e. The lowest BCUT2D eigenvalue weighted by atomic mass is 10.1. The van der Waals surface area contributed by atoms with Crippen LogP contribution in [0.5, 0.6) is 11.5 Å². The number of rotatable bonds is 3. The van der Waals surface area contributed by atoms with Crippen LogP contribution in [0.25, 0.3) is 0 Å². The molecule has 3 rings (SSSR count). The molecular formula is C12H12O5S. The maximum atomic E-state index is 11.6. The quantitative estimate of drug-likeness (QED) is 0.756. The molecule has 0 N–H and O–H groups in total. The smallest absolute Gasteiger partial charge is 0.231 e. The molecule has 1 saturated carbocycles. The second-order valence-corrected chi connectivity index (χ2v) is 6.85. The highest BCUT2D eigenvalue weighted by Gasteiger charge is 2.57. The van der Waals surface area contributed by atoms with Crippen LogP contribution < -0.4 is 9.47 Å². The topological polar surface area (TPSA) is 69.7 Å². The Hall–Kier alpha value is -1.56. The minimum Gasteiger partial charge on any atom is -0.454 e. The Morgan fingerprint density at radius 1 is 1.28 bits per heavy atom. The van der Waals surface area contributed by atoms with E-state index in [1.165, 1.54) is 6.26 Å². The Morgan fingerprint density at radius 3 is 2.61 bits per heavy atom. The largest absolute Gasteiger partial charge is 0.454 e. The summed E-state index contributed by atoms with van der Waals surface area (Å²) in [6.07, 6.45) is 1.89. The average molecular weight is 268 g/mol. The van der Waals surface area contributed by atoms with Gasteiger partial charge in [-0.2, -0.15) is 0 Å². The van der Waals surface area contributed by atoms with E-state index in [1.54, 1.807) is 18.2 Å². The molecule has 2 aliphatic rings. The Labute approximate surface area is 105 Å². The highest BCUT2D eigenvalue weighted by molar-refractivity contribution is 7.91. The van der Waals surface area contributed by atoms with Crippen molar-refractivity contribution < 1.29 is 22.7 Å². The van der Waals surface area contributed by atoms with Gasteiger partial charge < -0.3 is 14.3 Å². The first-order valence-corrected chi connectivity index (χ1v) is 7.51. The fourth-order valence-corrected chi connectivity index (χ4v) is 4.14. The third-order valence-electron chi connectivity index (χ3n) is 3.44. The summed E-state index contributed by atoms with van der Waals surface area (Å²) in [4.78, 5) is 10.9. The van der Waals surface area contributed by atoms with Crippen molar-refractivity contribution in [2.45, 2.75) is 11.2 Å². The van der Waals surface area contributed by atoms with Crippen LogP contribution in [0, 0.1) is 5.92 Å². The van der Waals surface area contributed by atoms with Crippen molar-refractivity contribution in [3.63, 3.8) is 0 Å². The van der Waals surface area contributed by atoms with Crippen LogP contribution in [0.3, 0.4) is 0 Å². The summed E-state index contributed by atoms with van der Waals surface area (Å²) >= 11 is 0. The summed E-state index contributed by atoms with van der Waals surface area (Å²) in [5.74, 6) is 0.557. The van der Waals surface area contributed by atoms with Crippen molar-refractivity contribution in [1.82, 2.24) is 0 Å². The van der Waals surface area contributed by atoms with E-state index in [1.807, 2.05) is 0 Å². The van der Waals surface area contributed by atoms with E-state index in [0.29, 0.717) is 11.5 Å². The van der Waals surface area contributed by atoms with Crippen molar-refractivity contribution >= 4 is 16.1 Å². The summed E-state index contributed by atoms with van der Waals surface area (Å²) in [6, 6.07) is 5.30. The van der Waals surface area contributed by atoms with Gasteiger partial charge in [-0.15, -0.1) is 0 Å². The van der Waals surface area contributed by atoms with Gasteiger partial charge in [0.1, 0.15) is 6.29 Å². The molecule has 0 amide bonds. The van der Waals surface area contributed by atoms with Crippen LogP contribution in [-0.2, 0) is 14.6 Å². The van der Waals surface area contributed by atoms with Gasteiger partial charge in [0, 0.05) is 18.1 Å². The number of aldehydes is 1. The highest BCUT2D eigenvalue weighted by atomic mass is 32.2. The van der Waals surface area contributed by atoms with E-state index in [2.05, 4.69) is 0 Å². The third kappa shape index (κ3) is 1.68. The zero-order valence-corrected chi connectivity index (χ0v) is 10.5. The zero-order chi connectivity index (χ0) is 12.9. The lowest BCUT2D eigenvalue weighted by molar-refractivity contribution is -0.108. The minimum atomic E-state index is -3.21. The molecule has 1 aliphatic heterocycles. The molecular weight excluding hydrogens is 256 g/mol. The standard InChI is InChI=1S/C12H12O5S/c1-18(14,15)12-8(5-13)11(12)7-2-3-9-10(4-7)17-6-16-9/h2-5,8,11-12H,6H2,1H3/t8-,11-,12-/m1/s1. The Kier molecular flexibility index (Phi) is 2.38. The summed E-state index contributed by atoms with van der Waals surface area (Å²) in [5.41, 5.74) is 0.812. The van der Waals surface area contributed by atoms with E-state index < -0.39 is 21.0 Å². The first kappa shape index (κ1) is 11.5. The number of ether oxygens (including phenoxy) is 2. The van der Waals surface area contributed by atoms with Gasteiger partial charge in [-0.3, -0.25) is 0 Å². The monoisotopic (exact) mass is 268 g/mol. The molecule has 6 heteroatoms. The van der Waals surface area contributed by atoms with Crippen LogP contribution in [0.2, 0.25) is 0 Å². The maximum absolute atomic E-state index is 11.6. The molecule has 1 aromatic rings. The number of carbonyl (C=O) groups excluding carboxylic acids is 1. The van der Waals surface area contributed by atoms with Crippen molar-refractivity contribution in [2.75, 3.05) is 13.0 Å². The van der Waals surface area contributed by atoms with Crippen molar-refractivity contribution in [3.8, 4) is 11.5 Å². The van der Waals surface area contributed by atoms with Gasteiger partial charge in [0.2, 0.25) is 6.79 Å². The van der Waals surface area contributed by atoms with E-state index >= 15 is 0 Å². The Morgan fingerprint density at radius 2 is 2.00 bits per heavy atom. The zero-order valence-electron chi connectivity index (χ0n) is 9.70. The van der Waals surface area contributed by atoms with Crippen molar-refractivity contribution in [2.24, 2.45) is 5.92 Å². The Balaban J connectivity index is 1.95. The molecule has 96 valence electrons. The van der Waals surface area contributed by atoms with Gasteiger partial charge in [0.05, 0.1) is 5.25 Å². The van der Waals surface area contributed by atoms with E-state index in [-0.39, 0.29) is 12.7 Å². The molecule has 0 spiro atoms. The molecule has 3 atom stereocenters. The normalized spacial score (nSPS) is 29.1. The third-order valence-corrected chi connectivity index (χ3v) is 5.04. The van der Waals surface area contributed by atoms with Crippen molar-refractivity contribution in [1.29, 1.82) is 0 Å². The number of sulfone groups is 1. The first-order chi connectivity index (χ1) is 8.52. The van der Waals surface area contributed by atoms with Gasteiger partial charge in [0.25, 0.3) is 0 Å². The number of hydrogen-bond donors (Lipinski definition) is 0. The fraction of sp³-hybridized carbons (Fsp3) is 0.417. The van der Waals surface area contributed by atoms with E-state index in [0.717, 1.165) is 11.8 Å².